The van der Waals surface area contributed by atoms with Gasteiger partial charge in [-0.25, -0.2) is 4.39 Å². The van der Waals surface area contributed by atoms with Gasteiger partial charge in [-0.15, -0.1) is 0 Å². The molecule has 0 aliphatic heterocycles. The molecule has 0 fully saturated rings. The van der Waals surface area contributed by atoms with Crippen molar-refractivity contribution in [2.45, 2.75) is 6.42 Å². The summed E-state index contributed by atoms with van der Waals surface area (Å²) in [6, 6.07) is 5.50. The maximum atomic E-state index is 12.8. The normalized spacial score (nSPS) is 9.67. The van der Waals surface area contributed by atoms with E-state index in [1.807, 2.05) is 0 Å². The zero-order chi connectivity index (χ0) is 13.4. The Hall–Kier alpha value is -2.11. The largest absolute Gasteiger partial charge is 0.484 e. The van der Waals surface area contributed by atoms with Gasteiger partial charge < -0.3 is 14.8 Å². The predicted octanol–water partition coefficient (Wildman–Crippen LogP) is 0.884. The van der Waals surface area contributed by atoms with Crippen LogP contribution in [0.1, 0.15) is 6.42 Å². The van der Waals surface area contributed by atoms with Crippen molar-refractivity contribution < 1.29 is 23.5 Å². The number of amides is 1. The number of carbonyl (C=O) groups excluding carboxylic acids is 2. The third kappa shape index (κ3) is 5.29. The molecule has 98 valence electrons. The summed E-state index contributed by atoms with van der Waals surface area (Å²) in [4.78, 5) is 22.1. The fourth-order valence-electron chi connectivity index (χ4n) is 1.16. The summed E-state index contributed by atoms with van der Waals surface area (Å²) >= 11 is 0. The molecule has 18 heavy (non-hydrogen) atoms. The van der Waals surface area contributed by atoms with Crippen molar-refractivity contribution in [2.24, 2.45) is 0 Å². The number of esters is 1. The molecule has 0 atom stereocenters. The molecule has 6 heteroatoms. The van der Waals surface area contributed by atoms with Crippen molar-refractivity contribution in [1.82, 2.24) is 5.32 Å². The van der Waals surface area contributed by atoms with Crippen LogP contribution < -0.4 is 10.1 Å². The van der Waals surface area contributed by atoms with Crippen LogP contribution in [-0.2, 0) is 14.3 Å². The van der Waals surface area contributed by atoms with Gasteiger partial charge in [0, 0.05) is 12.6 Å². The molecule has 1 rings (SSSR count). The number of hydrogen-bond donors (Lipinski definition) is 1. The van der Waals surface area contributed by atoms with Gasteiger partial charge in [-0.05, 0) is 12.1 Å². The molecular weight excluding hydrogens is 241 g/mol. The van der Waals surface area contributed by atoms with Crippen molar-refractivity contribution >= 4 is 11.9 Å². The molecule has 0 unspecified atom stereocenters. The minimum absolute atomic E-state index is 0.0994. The molecule has 1 N–H and O–H groups in total. The molecule has 0 aromatic heterocycles. The Morgan fingerprint density at radius 3 is 2.83 bits per heavy atom. The quantitative estimate of drug-likeness (QED) is 0.766. The van der Waals surface area contributed by atoms with Crippen LogP contribution >= 0.6 is 0 Å². The number of hydrogen-bond acceptors (Lipinski definition) is 4. The summed E-state index contributed by atoms with van der Waals surface area (Å²) < 4.78 is 22.3. The molecule has 0 bridgehead atoms. The number of nitrogens with one attached hydrogen (secondary N) is 1. The molecule has 0 saturated carbocycles. The summed E-state index contributed by atoms with van der Waals surface area (Å²) in [5, 5.41) is 2.47. The van der Waals surface area contributed by atoms with E-state index in [2.05, 4.69) is 10.1 Å². The summed E-state index contributed by atoms with van der Waals surface area (Å²) in [6.07, 6.45) is 0.0994. The highest BCUT2D eigenvalue weighted by molar-refractivity contribution is 5.78. The van der Waals surface area contributed by atoms with E-state index < -0.39 is 11.8 Å². The highest BCUT2D eigenvalue weighted by atomic mass is 19.1. The zero-order valence-corrected chi connectivity index (χ0v) is 9.94. The van der Waals surface area contributed by atoms with Gasteiger partial charge in [0.15, 0.2) is 6.61 Å². The van der Waals surface area contributed by atoms with Crippen molar-refractivity contribution in [3.8, 4) is 5.75 Å². The van der Waals surface area contributed by atoms with Crippen LogP contribution in [0.25, 0.3) is 0 Å². The molecule has 5 nitrogen and oxygen atoms in total. The van der Waals surface area contributed by atoms with Gasteiger partial charge in [0.25, 0.3) is 5.91 Å². The van der Waals surface area contributed by atoms with Crippen LogP contribution in [0.15, 0.2) is 24.3 Å². The fraction of sp³-hybridized carbons (Fsp3) is 0.333. The predicted molar refractivity (Wildman–Crippen MR) is 61.5 cm³/mol. The lowest BCUT2D eigenvalue weighted by atomic mass is 10.3. The first-order chi connectivity index (χ1) is 8.61. The Balaban J connectivity index is 2.23. The SMILES string of the molecule is COC(=O)CCNC(=O)COc1cccc(F)c1. The van der Waals surface area contributed by atoms with Crippen LogP contribution in [0.2, 0.25) is 0 Å². The number of ether oxygens (including phenoxy) is 2. The smallest absolute Gasteiger partial charge is 0.307 e. The first-order valence-electron chi connectivity index (χ1n) is 5.33. The lowest BCUT2D eigenvalue weighted by Crippen LogP contribution is -2.30. The third-order valence-corrected chi connectivity index (χ3v) is 2.04. The van der Waals surface area contributed by atoms with E-state index >= 15 is 0 Å². The summed E-state index contributed by atoms with van der Waals surface area (Å²) in [5.41, 5.74) is 0. The zero-order valence-electron chi connectivity index (χ0n) is 9.94. The van der Waals surface area contributed by atoms with E-state index in [0.717, 1.165) is 0 Å². The van der Waals surface area contributed by atoms with E-state index in [4.69, 9.17) is 4.74 Å². The van der Waals surface area contributed by atoms with Gasteiger partial charge in [-0.3, -0.25) is 9.59 Å². The highest BCUT2D eigenvalue weighted by Crippen LogP contribution is 2.11. The minimum atomic E-state index is -0.432. The van der Waals surface area contributed by atoms with Crippen LogP contribution in [0.3, 0.4) is 0 Å². The summed E-state index contributed by atoms with van der Waals surface area (Å²) in [5.74, 6) is -0.943. The second-order valence-electron chi connectivity index (χ2n) is 3.42. The second-order valence-corrected chi connectivity index (χ2v) is 3.42. The Labute approximate surface area is 104 Å². The molecule has 0 spiro atoms. The van der Waals surface area contributed by atoms with Crippen molar-refractivity contribution in [1.29, 1.82) is 0 Å². The fourth-order valence-corrected chi connectivity index (χ4v) is 1.16. The molecule has 0 radical (unpaired) electrons. The lowest BCUT2D eigenvalue weighted by molar-refractivity contribution is -0.140. The average Bonchev–Trinajstić information content (AvgIpc) is 2.36. The van der Waals surface area contributed by atoms with E-state index in [-0.39, 0.29) is 31.2 Å². The third-order valence-electron chi connectivity index (χ3n) is 2.04. The lowest BCUT2D eigenvalue weighted by Gasteiger charge is -2.06. The Kier molecular flexibility index (Phi) is 5.63. The standard InChI is InChI=1S/C12H14FNO4/c1-17-12(16)5-6-14-11(15)8-18-10-4-2-3-9(13)7-10/h2-4,7H,5-6,8H2,1H3,(H,14,15). The van der Waals surface area contributed by atoms with Gasteiger partial charge in [0.1, 0.15) is 11.6 Å². The number of methoxy groups -OCH3 is 1. The van der Waals surface area contributed by atoms with Gasteiger partial charge in [0.05, 0.1) is 13.5 Å². The molecule has 0 heterocycles. The van der Waals surface area contributed by atoms with Crippen LogP contribution in [0.5, 0.6) is 5.75 Å². The van der Waals surface area contributed by atoms with Crippen molar-refractivity contribution in [3.05, 3.63) is 30.1 Å². The van der Waals surface area contributed by atoms with Crippen LogP contribution in [-0.4, -0.2) is 32.1 Å². The molecule has 0 aliphatic carbocycles. The highest BCUT2D eigenvalue weighted by Gasteiger charge is 2.05. The number of benzene rings is 1. The maximum Gasteiger partial charge on any atom is 0.307 e. The second kappa shape index (κ2) is 7.26. The molecule has 0 aliphatic rings. The average molecular weight is 255 g/mol. The maximum absolute atomic E-state index is 12.8. The summed E-state index contributed by atoms with van der Waals surface area (Å²) in [7, 11) is 1.28. The number of rotatable bonds is 6. The van der Waals surface area contributed by atoms with Gasteiger partial charge >= 0.3 is 5.97 Å². The first kappa shape index (κ1) is 14.0. The van der Waals surface area contributed by atoms with Crippen molar-refractivity contribution in [2.75, 3.05) is 20.3 Å². The molecular formula is C12H14FNO4. The molecule has 0 saturated heterocycles. The van der Waals surface area contributed by atoms with Crippen LogP contribution in [0.4, 0.5) is 4.39 Å². The Bertz CT molecular complexity index is 422. The first-order valence-corrected chi connectivity index (χ1v) is 5.33. The van der Waals surface area contributed by atoms with Crippen LogP contribution in [0, 0.1) is 5.82 Å². The molecule has 1 amide bonds. The number of halogens is 1. The molecule has 1 aromatic carbocycles. The van der Waals surface area contributed by atoms with Gasteiger partial charge in [-0.2, -0.15) is 0 Å². The van der Waals surface area contributed by atoms with Crippen molar-refractivity contribution in [3.63, 3.8) is 0 Å². The number of carbonyl (C=O) groups is 2. The van der Waals surface area contributed by atoms with Gasteiger partial charge in [0.2, 0.25) is 0 Å². The minimum Gasteiger partial charge on any atom is -0.484 e. The van der Waals surface area contributed by atoms with E-state index in [1.54, 1.807) is 6.07 Å². The summed E-state index contributed by atoms with van der Waals surface area (Å²) in [6.45, 7) is -0.0529. The Morgan fingerprint density at radius 1 is 1.39 bits per heavy atom. The Morgan fingerprint density at radius 2 is 2.17 bits per heavy atom. The molecule has 1 aromatic rings. The topological polar surface area (TPSA) is 64.6 Å². The van der Waals surface area contributed by atoms with Gasteiger partial charge in [-0.1, -0.05) is 6.07 Å². The van der Waals surface area contributed by atoms with E-state index in [9.17, 15) is 14.0 Å². The monoisotopic (exact) mass is 255 g/mol. The van der Waals surface area contributed by atoms with E-state index in [1.165, 1.54) is 25.3 Å². The van der Waals surface area contributed by atoms with E-state index in [0.29, 0.717) is 0 Å².